The van der Waals surface area contributed by atoms with Crippen molar-refractivity contribution < 1.29 is 14.4 Å². The molecule has 1 rings (SSSR count). The van der Waals surface area contributed by atoms with Crippen LogP contribution in [0.2, 0.25) is 0 Å². The van der Waals surface area contributed by atoms with Gasteiger partial charge in [0.05, 0.1) is 0 Å². The summed E-state index contributed by atoms with van der Waals surface area (Å²) in [5, 5.41) is 10.6. The van der Waals surface area contributed by atoms with Crippen molar-refractivity contribution in [2.75, 3.05) is 19.7 Å². The summed E-state index contributed by atoms with van der Waals surface area (Å²) < 4.78 is 7.31. The quantitative estimate of drug-likeness (QED) is 0.375. The van der Waals surface area contributed by atoms with Gasteiger partial charge in [-0.2, -0.15) is 4.58 Å². The summed E-state index contributed by atoms with van der Waals surface area (Å²) >= 11 is 4.64. The molecule has 0 unspecified atom stereocenters. The Labute approximate surface area is 77.7 Å². The molecule has 0 atom stereocenters. The van der Waals surface area contributed by atoms with Crippen LogP contribution in [-0.2, 0) is 4.74 Å². The van der Waals surface area contributed by atoms with Crippen LogP contribution in [0.25, 0.3) is 0 Å². The molecule has 4 heteroatoms. The lowest BCUT2D eigenvalue weighted by Crippen LogP contribution is -2.45. The van der Waals surface area contributed by atoms with E-state index in [-0.39, 0.29) is 11.5 Å². The summed E-state index contributed by atoms with van der Waals surface area (Å²) in [5.74, 6) is 0.168. The van der Waals surface area contributed by atoms with Gasteiger partial charge in [0.25, 0.3) is 0 Å². The average molecular weight is 188 g/mol. The van der Waals surface area contributed by atoms with Crippen molar-refractivity contribution in [3.63, 3.8) is 0 Å². The maximum Gasteiger partial charge on any atom is 0.371 e. The first-order chi connectivity index (χ1) is 5.55. The lowest BCUT2D eigenvalue weighted by Gasteiger charge is -2.27. The minimum atomic E-state index is -0.190. The molecule has 12 heavy (non-hydrogen) atoms. The van der Waals surface area contributed by atoms with Crippen molar-refractivity contribution in [3.8, 4) is 0 Å². The summed E-state index contributed by atoms with van der Waals surface area (Å²) in [6.45, 7) is 6.03. The molecule has 0 aromatic rings. The smallest absolute Gasteiger partial charge is 0.371 e. The zero-order chi connectivity index (χ0) is 9.19. The van der Waals surface area contributed by atoms with Crippen LogP contribution in [-0.4, -0.2) is 46.2 Å². The van der Waals surface area contributed by atoms with Gasteiger partial charge >= 0.3 is 5.90 Å². The lowest BCUT2D eigenvalue weighted by atomic mass is 10.1. The number of aliphatic hydroxyl groups excluding tert-OH is 1. The van der Waals surface area contributed by atoms with Crippen LogP contribution >= 0.6 is 12.2 Å². The van der Waals surface area contributed by atoms with Gasteiger partial charge in [0.1, 0.15) is 17.6 Å². The van der Waals surface area contributed by atoms with Crippen LogP contribution in [0.15, 0.2) is 0 Å². The third kappa shape index (κ3) is 2.25. The molecule has 0 aliphatic carbocycles. The molecular weight excluding hydrogens is 174 g/mol. The molecule has 1 heterocycles. The van der Waals surface area contributed by atoms with Crippen LogP contribution in [0.3, 0.4) is 0 Å². The Balaban J connectivity index is 2.76. The van der Waals surface area contributed by atoms with E-state index in [1.54, 1.807) is 0 Å². The maximum atomic E-state index is 9.34. The highest BCUT2D eigenvalue weighted by atomic mass is 32.1. The first-order valence-electron chi connectivity index (χ1n) is 3.95. The number of rotatable bonds is 1. The van der Waals surface area contributed by atoms with E-state index < -0.39 is 0 Å². The fourth-order valence-corrected chi connectivity index (χ4v) is 1.44. The van der Waals surface area contributed by atoms with Crippen LogP contribution < -0.4 is 0 Å². The largest absolute Gasteiger partial charge is 0.460 e. The Morgan fingerprint density at radius 2 is 2.33 bits per heavy atom. The molecule has 1 aliphatic rings. The SMILES string of the molecule is CC1(C)C[N+](=C(O)C=S)CCO1. The van der Waals surface area contributed by atoms with Crippen molar-refractivity contribution in [2.45, 2.75) is 19.4 Å². The number of nitrogens with zero attached hydrogens (tertiary/aromatic N) is 1. The van der Waals surface area contributed by atoms with Crippen molar-refractivity contribution >= 4 is 23.5 Å². The molecule has 1 aliphatic heterocycles. The molecule has 0 saturated carbocycles. The fraction of sp³-hybridized carbons (Fsp3) is 0.750. The first kappa shape index (κ1) is 9.61. The van der Waals surface area contributed by atoms with E-state index in [9.17, 15) is 5.11 Å². The number of morpholine rings is 1. The predicted octanol–water partition coefficient (Wildman–Crippen LogP) is 0.764. The minimum absolute atomic E-state index is 0.168. The molecule has 1 fully saturated rings. The van der Waals surface area contributed by atoms with Gasteiger partial charge in [-0.3, -0.25) is 0 Å². The number of thiocarbonyl (C=S) groups is 1. The zero-order valence-corrected chi connectivity index (χ0v) is 8.23. The van der Waals surface area contributed by atoms with E-state index >= 15 is 0 Å². The zero-order valence-electron chi connectivity index (χ0n) is 7.41. The van der Waals surface area contributed by atoms with Gasteiger partial charge in [0.2, 0.25) is 0 Å². The molecule has 0 spiro atoms. The molecule has 1 N–H and O–H groups in total. The third-order valence-electron chi connectivity index (χ3n) is 1.86. The van der Waals surface area contributed by atoms with Crippen molar-refractivity contribution in [3.05, 3.63) is 0 Å². The summed E-state index contributed by atoms with van der Waals surface area (Å²) in [6, 6.07) is 0. The van der Waals surface area contributed by atoms with Crippen molar-refractivity contribution in [2.24, 2.45) is 0 Å². The van der Waals surface area contributed by atoms with E-state index in [0.717, 1.165) is 0 Å². The van der Waals surface area contributed by atoms with E-state index in [1.165, 1.54) is 5.37 Å². The topological polar surface area (TPSA) is 32.5 Å². The molecule has 1 saturated heterocycles. The van der Waals surface area contributed by atoms with Crippen molar-refractivity contribution in [1.82, 2.24) is 0 Å². The molecule has 3 nitrogen and oxygen atoms in total. The highest BCUT2D eigenvalue weighted by Crippen LogP contribution is 2.13. The van der Waals surface area contributed by atoms with E-state index in [4.69, 9.17) is 4.74 Å². The van der Waals surface area contributed by atoms with Crippen LogP contribution in [0.4, 0.5) is 0 Å². The summed E-state index contributed by atoms with van der Waals surface area (Å²) in [4.78, 5) is 0. The Morgan fingerprint density at radius 1 is 1.67 bits per heavy atom. The monoisotopic (exact) mass is 188 g/mol. The lowest BCUT2D eigenvalue weighted by molar-refractivity contribution is -0.572. The van der Waals surface area contributed by atoms with Gasteiger partial charge in [-0.1, -0.05) is 12.2 Å². The second kappa shape index (κ2) is 3.49. The highest BCUT2D eigenvalue weighted by Gasteiger charge is 2.31. The van der Waals surface area contributed by atoms with Gasteiger partial charge < -0.3 is 9.84 Å². The second-order valence-corrected chi connectivity index (χ2v) is 3.74. The molecular formula is C8H14NO2S+. The summed E-state index contributed by atoms with van der Waals surface area (Å²) in [7, 11) is 0. The Kier molecular flexibility index (Phi) is 2.80. The van der Waals surface area contributed by atoms with E-state index in [0.29, 0.717) is 19.7 Å². The maximum absolute atomic E-state index is 9.34. The molecule has 0 bridgehead atoms. The van der Waals surface area contributed by atoms with Gasteiger partial charge in [-0.05, 0) is 13.8 Å². The standard InChI is InChI=1S/C8H13NO2S/c1-8(2)6-9(3-4-11-8)7(10)5-12/h5H,3-4,6H2,1-2H3/p+1. The molecule has 0 radical (unpaired) electrons. The first-order valence-corrected chi connectivity index (χ1v) is 4.42. The summed E-state index contributed by atoms with van der Waals surface area (Å²) in [6.07, 6.45) is 0. The van der Waals surface area contributed by atoms with Crippen molar-refractivity contribution in [1.29, 1.82) is 0 Å². The van der Waals surface area contributed by atoms with Crippen LogP contribution in [0, 0.1) is 0 Å². The van der Waals surface area contributed by atoms with Gasteiger partial charge in [0, 0.05) is 0 Å². The van der Waals surface area contributed by atoms with Gasteiger partial charge in [0.15, 0.2) is 13.1 Å². The second-order valence-electron chi connectivity index (χ2n) is 3.51. The highest BCUT2D eigenvalue weighted by molar-refractivity contribution is 7.80. The number of ether oxygens (including phenoxy) is 1. The Morgan fingerprint density at radius 3 is 2.83 bits per heavy atom. The van der Waals surface area contributed by atoms with E-state index in [2.05, 4.69) is 12.2 Å². The van der Waals surface area contributed by atoms with Crippen LogP contribution in [0.5, 0.6) is 0 Å². The third-order valence-corrected chi connectivity index (χ3v) is 2.07. The average Bonchev–Trinajstić information content (AvgIpc) is 2.01. The number of hydrogen-bond donors (Lipinski definition) is 1. The predicted molar refractivity (Wildman–Crippen MR) is 51.3 cm³/mol. The summed E-state index contributed by atoms with van der Waals surface area (Å²) in [5.41, 5.74) is -0.190. The molecule has 0 aromatic carbocycles. The molecule has 0 aromatic heterocycles. The minimum Gasteiger partial charge on any atom is -0.460 e. The normalized spacial score (nSPS) is 26.5. The molecule has 0 amide bonds. The molecule has 68 valence electrons. The fourth-order valence-electron chi connectivity index (χ4n) is 1.29. The van der Waals surface area contributed by atoms with Crippen LogP contribution in [0.1, 0.15) is 13.8 Å². The Bertz CT molecular complexity index is 223. The van der Waals surface area contributed by atoms with E-state index in [1.807, 2.05) is 18.4 Å². The van der Waals surface area contributed by atoms with Gasteiger partial charge in [-0.25, -0.2) is 0 Å². The van der Waals surface area contributed by atoms with Gasteiger partial charge in [-0.15, -0.1) is 0 Å². The number of aliphatic hydroxyl groups is 1. The number of hydrogen-bond acceptors (Lipinski definition) is 2. The Hall–Kier alpha value is -0.480.